The lowest BCUT2D eigenvalue weighted by atomic mass is 9.92. The molecule has 3 aromatic rings. The first-order valence-electron chi connectivity index (χ1n) is 7.76. The number of hydrogen-bond acceptors (Lipinski definition) is 3. The van der Waals surface area contributed by atoms with Crippen molar-refractivity contribution in [2.24, 2.45) is 0 Å². The molecule has 1 aliphatic carbocycles. The van der Waals surface area contributed by atoms with Crippen molar-refractivity contribution < 1.29 is 10.2 Å². The number of benzene rings is 1. The molecule has 2 heterocycles. The van der Waals surface area contributed by atoms with E-state index in [-0.39, 0.29) is 0 Å². The molecular formula is C17H19N3O2. The van der Waals surface area contributed by atoms with Crippen molar-refractivity contribution in [3.63, 3.8) is 0 Å². The van der Waals surface area contributed by atoms with Crippen molar-refractivity contribution in [2.75, 3.05) is 0 Å². The first-order chi connectivity index (χ1) is 10.7. The summed E-state index contributed by atoms with van der Waals surface area (Å²) in [5.74, 6) is 0. The maximum absolute atomic E-state index is 9.62. The smallest absolute Gasteiger partial charge is 0.198 e. The third kappa shape index (κ3) is 1.82. The number of nitrogens with zero attached hydrogens (tertiary/aromatic N) is 2. The summed E-state index contributed by atoms with van der Waals surface area (Å²) < 4.78 is 1.91. The number of H-pyrrole nitrogens is 1. The van der Waals surface area contributed by atoms with Crippen molar-refractivity contribution in [1.29, 1.82) is 0 Å². The zero-order valence-corrected chi connectivity index (χ0v) is 12.5. The number of aromatic amines is 1. The first kappa shape index (κ1) is 13.5. The molecule has 4 rings (SSSR count). The van der Waals surface area contributed by atoms with Crippen LogP contribution in [-0.4, -0.2) is 25.0 Å². The number of rotatable bonds is 3. The van der Waals surface area contributed by atoms with Gasteiger partial charge in [0.05, 0.1) is 11.4 Å². The predicted molar refractivity (Wildman–Crippen MR) is 84.4 cm³/mol. The van der Waals surface area contributed by atoms with Crippen LogP contribution in [0, 0.1) is 0 Å². The van der Waals surface area contributed by atoms with Crippen molar-refractivity contribution in [3.8, 4) is 11.4 Å². The Labute approximate surface area is 128 Å². The molecule has 114 valence electrons. The molecule has 1 aliphatic rings. The maximum Gasteiger partial charge on any atom is 0.198 e. The largest absolute Gasteiger partial charge is 0.363 e. The Bertz CT molecular complexity index is 845. The highest BCUT2D eigenvalue weighted by molar-refractivity contribution is 5.91. The second-order valence-corrected chi connectivity index (χ2v) is 5.83. The van der Waals surface area contributed by atoms with E-state index in [1.54, 1.807) is 0 Å². The number of aromatic nitrogens is 3. The van der Waals surface area contributed by atoms with Crippen molar-refractivity contribution in [3.05, 3.63) is 41.1 Å². The number of fused-ring (bicyclic) bond motifs is 5. The van der Waals surface area contributed by atoms with Crippen LogP contribution >= 0.6 is 0 Å². The number of aryl methyl sites for hydroxylation is 2. The maximum atomic E-state index is 9.62. The van der Waals surface area contributed by atoms with Crippen LogP contribution in [0.2, 0.25) is 0 Å². The molecule has 0 atom stereocenters. The molecule has 5 nitrogen and oxygen atoms in total. The fourth-order valence-electron chi connectivity index (χ4n) is 3.54. The van der Waals surface area contributed by atoms with Gasteiger partial charge < -0.3 is 15.2 Å². The predicted octanol–water partition coefficient (Wildman–Crippen LogP) is 2.52. The Morgan fingerprint density at radius 2 is 2.00 bits per heavy atom. The Hall–Kier alpha value is -2.11. The molecule has 0 saturated heterocycles. The fraction of sp³-hybridized carbons (Fsp3) is 0.353. The Balaban J connectivity index is 2.00. The molecule has 1 aromatic carbocycles. The second-order valence-electron chi connectivity index (χ2n) is 5.83. The highest BCUT2D eigenvalue weighted by Crippen LogP contribution is 2.39. The van der Waals surface area contributed by atoms with E-state index in [4.69, 9.17) is 0 Å². The molecule has 5 heteroatoms. The molecule has 0 fully saturated rings. The molecular weight excluding hydrogens is 278 g/mol. The van der Waals surface area contributed by atoms with Crippen molar-refractivity contribution >= 4 is 10.9 Å². The van der Waals surface area contributed by atoms with E-state index >= 15 is 0 Å². The van der Waals surface area contributed by atoms with Gasteiger partial charge in [0.2, 0.25) is 0 Å². The molecule has 0 saturated carbocycles. The number of aliphatic hydroxyl groups excluding tert-OH is 1. The van der Waals surface area contributed by atoms with E-state index in [1.165, 1.54) is 10.9 Å². The minimum absolute atomic E-state index is 0.396. The Morgan fingerprint density at radius 3 is 2.77 bits per heavy atom. The van der Waals surface area contributed by atoms with Gasteiger partial charge >= 0.3 is 0 Å². The van der Waals surface area contributed by atoms with E-state index < -0.39 is 6.29 Å². The van der Waals surface area contributed by atoms with E-state index in [0.29, 0.717) is 5.69 Å². The van der Waals surface area contributed by atoms with Crippen molar-refractivity contribution in [2.45, 2.75) is 39.0 Å². The number of para-hydroxylation sites is 1. The zero-order valence-electron chi connectivity index (χ0n) is 12.5. The van der Waals surface area contributed by atoms with Gasteiger partial charge in [0.25, 0.3) is 0 Å². The van der Waals surface area contributed by atoms with E-state index in [2.05, 4.69) is 35.2 Å². The quantitative estimate of drug-likeness (QED) is 0.650. The van der Waals surface area contributed by atoms with E-state index in [1.807, 2.05) is 10.7 Å². The van der Waals surface area contributed by atoms with Crippen LogP contribution in [0.1, 0.15) is 36.5 Å². The minimum Gasteiger partial charge on any atom is -0.363 e. The second kappa shape index (κ2) is 4.97. The summed E-state index contributed by atoms with van der Waals surface area (Å²) in [5.41, 5.74) is 5.88. The minimum atomic E-state index is -1.52. The van der Waals surface area contributed by atoms with Gasteiger partial charge in [-0.3, -0.25) is 4.68 Å². The summed E-state index contributed by atoms with van der Waals surface area (Å²) in [6.07, 6.45) is 1.12. The summed E-state index contributed by atoms with van der Waals surface area (Å²) in [7, 11) is 0. The third-order valence-electron chi connectivity index (χ3n) is 4.44. The Kier molecular flexibility index (Phi) is 3.06. The monoisotopic (exact) mass is 297 g/mol. The zero-order chi connectivity index (χ0) is 15.3. The van der Waals surface area contributed by atoms with Gasteiger partial charge in [-0.2, -0.15) is 5.10 Å². The lowest BCUT2D eigenvalue weighted by Crippen LogP contribution is -2.08. The number of nitrogens with one attached hydrogen (secondary N) is 1. The molecule has 0 unspecified atom stereocenters. The third-order valence-corrected chi connectivity index (χ3v) is 4.44. The topological polar surface area (TPSA) is 74.1 Å². The SMILES string of the molecule is CCCn1nc(C(O)O)c2c1-c1[nH]c3ccccc3c1CC2. The van der Waals surface area contributed by atoms with Gasteiger partial charge in [-0.25, -0.2) is 0 Å². The standard InChI is InChI=1S/C17H19N3O2/c1-2-9-20-16-12(15(19-20)17(21)22)8-7-11-10-5-3-4-6-13(10)18-14(11)16/h3-6,17-18,21-22H,2,7-9H2,1H3. The van der Waals surface area contributed by atoms with Gasteiger partial charge in [0, 0.05) is 23.0 Å². The first-order valence-corrected chi connectivity index (χ1v) is 7.76. The van der Waals surface area contributed by atoms with Crippen molar-refractivity contribution in [1.82, 2.24) is 14.8 Å². The summed E-state index contributed by atoms with van der Waals surface area (Å²) in [4.78, 5) is 3.50. The van der Waals surface area contributed by atoms with Gasteiger partial charge in [0.15, 0.2) is 6.29 Å². The van der Waals surface area contributed by atoms with Crippen LogP contribution in [0.5, 0.6) is 0 Å². The van der Waals surface area contributed by atoms with Crippen LogP contribution in [0.15, 0.2) is 24.3 Å². The van der Waals surface area contributed by atoms with Gasteiger partial charge in [-0.1, -0.05) is 25.1 Å². The summed E-state index contributed by atoms with van der Waals surface area (Å²) in [6, 6.07) is 8.29. The van der Waals surface area contributed by atoms with Crippen LogP contribution < -0.4 is 0 Å². The lowest BCUT2D eigenvalue weighted by Gasteiger charge is -2.15. The Morgan fingerprint density at radius 1 is 1.23 bits per heavy atom. The molecule has 2 aromatic heterocycles. The molecule has 22 heavy (non-hydrogen) atoms. The highest BCUT2D eigenvalue weighted by atomic mass is 16.5. The number of hydrogen-bond donors (Lipinski definition) is 3. The lowest BCUT2D eigenvalue weighted by molar-refractivity contribution is -0.0468. The normalized spacial score (nSPS) is 13.6. The van der Waals surface area contributed by atoms with Crippen LogP contribution in [0.4, 0.5) is 0 Å². The fourth-order valence-corrected chi connectivity index (χ4v) is 3.54. The van der Waals surface area contributed by atoms with E-state index in [9.17, 15) is 10.2 Å². The van der Waals surface area contributed by atoms with Gasteiger partial charge in [0.1, 0.15) is 5.69 Å². The highest BCUT2D eigenvalue weighted by Gasteiger charge is 2.29. The summed E-state index contributed by atoms with van der Waals surface area (Å²) in [6.45, 7) is 2.86. The summed E-state index contributed by atoms with van der Waals surface area (Å²) in [5, 5.41) is 24.9. The molecule has 0 aliphatic heterocycles. The van der Waals surface area contributed by atoms with Crippen LogP contribution in [0.25, 0.3) is 22.3 Å². The van der Waals surface area contributed by atoms with Crippen LogP contribution in [-0.2, 0) is 19.4 Å². The molecule has 0 amide bonds. The molecule has 0 spiro atoms. The average Bonchev–Trinajstić information content (AvgIpc) is 3.06. The molecule has 0 radical (unpaired) electrons. The van der Waals surface area contributed by atoms with Gasteiger partial charge in [-0.05, 0) is 30.9 Å². The van der Waals surface area contributed by atoms with E-state index in [0.717, 1.165) is 48.3 Å². The van der Waals surface area contributed by atoms with Crippen LogP contribution in [0.3, 0.4) is 0 Å². The van der Waals surface area contributed by atoms with Gasteiger partial charge in [-0.15, -0.1) is 0 Å². The molecule has 0 bridgehead atoms. The summed E-state index contributed by atoms with van der Waals surface area (Å²) >= 11 is 0. The molecule has 3 N–H and O–H groups in total. The number of aliphatic hydroxyl groups is 2. The average molecular weight is 297 g/mol.